The topological polar surface area (TPSA) is 63.7 Å². The largest absolute Gasteiger partial charge is 0.466 e. The quantitative estimate of drug-likeness (QED) is 0.536. The maximum atomic E-state index is 13.3. The van der Waals surface area contributed by atoms with Crippen molar-refractivity contribution in [3.8, 4) is 0 Å². The van der Waals surface area contributed by atoms with Gasteiger partial charge in [-0.3, -0.25) is 19.3 Å². The van der Waals surface area contributed by atoms with Crippen LogP contribution in [0.5, 0.6) is 0 Å². The molecular weight excluding hydrogens is 354 g/mol. The average molecular weight is 379 g/mol. The third-order valence-electron chi connectivity index (χ3n) is 4.18. The van der Waals surface area contributed by atoms with Crippen LogP contribution >= 0.6 is 0 Å². The average Bonchev–Trinajstić information content (AvgIpc) is 2.70. The van der Waals surface area contributed by atoms with E-state index in [1.807, 2.05) is 36.4 Å². The second-order valence-corrected chi connectivity index (χ2v) is 6.51. The molecular formula is C23H25NO4. The van der Waals surface area contributed by atoms with Crippen LogP contribution in [0.2, 0.25) is 0 Å². The predicted octanol–water partition coefficient (Wildman–Crippen LogP) is 4.15. The molecule has 0 fully saturated rings. The van der Waals surface area contributed by atoms with E-state index >= 15 is 0 Å². The van der Waals surface area contributed by atoms with Gasteiger partial charge in [-0.1, -0.05) is 54.1 Å². The summed E-state index contributed by atoms with van der Waals surface area (Å²) in [5, 5.41) is 0. The van der Waals surface area contributed by atoms with E-state index in [9.17, 15) is 14.4 Å². The van der Waals surface area contributed by atoms with Crippen molar-refractivity contribution in [3.63, 3.8) is 0 Å². The highest BCUT2D eigenvalue weighted by Gasteiger charge is 2.28. The Labute approximate surface area is 165 Å². The first kappa shape index (κ1) is 21.1. The van der Waals surface area contributed by atoms with E-state index in [0.717, 1.165) is 5.56 Å². The van der Waals surface area contributed by atoms with Crippen molar-refractivity contribution >= 4 is 17.8 Å². The molecule has 2 aromatic rings. The maximum Gasteiger partial charge on any atom is 0.310 e. The zero-order valence-corrected chi connectivity index (χ0v) is 16.5. The fourth-order valence-corrected chi connectivity index (χ4v) is 2.72. The molecule has 0 aliphatic carbocycles. The SMILES string of the molecule is CCOC(=O)CC(C(=O)N(Cc1ccccc1)C(=O)c1ccccc1)=C(C)C. The summed E-state index contributed by atoms with van der Waals surface area (Å²) in [6.45, 7) is 5.57. The molecule has 2 aromatic carbocycles. The summed E-state index contributed by atoms with van der Waals surface area (Å²) in [4.78, 5) is 39.5. The zero-order chi connectivity index (χ0) is 20.5. The zero-order valence-electron chi connectivity index (χ0n) is 16.5. The Hall–Kier alpha value is -3.21. The Morgan fingerprint density at radius 1 is 0.893 bits per heavy atom. The van der Waals surface area contributed by atoms with Gasteiger partial charge in [0.25, 0.3) is 11.8 Å². The normalized spacial score (nSPS) is 10.1. The fraction of sp³-hybridized carbons (Fsp3) is 0.261. The summed E-state index contributed by atoms with van der Waals surface area (Å²) in [5.74, 6) is -1.37. The number of carbonyl (C=O) groups is 3. The number of amides is 2. The lowest BCUT2D eigenvalue weighted by Gasteiger charge is -2.23. The van der Waals surface area contributed by atoms with E-state index < -0.39 is 17.8 Å². The van der Waals surface area contributed by atoms with Gasteiger partial charge in [0, 0.05) is 11.1 Å². The van der Waals surface area contributed by atoms with E-state index in [2.05, 4.69) is 0 Å². The minimum atomic E-state index is -0.487. The first-order valence-electron chi connectivity index (χ1n) is 9.21. The lowest BCUT2D eigenvalue weighted by molar-refractivity contribution is -0.143. The van der Waals surface area contributed by atoms with Crippen LogP contribution in [0, 0.1) is 0 Å². The fourth-order valence-electron chi connectivity index (χ4n) is 2.72. The minimum Gasteiger partial charge on any atom is -0.466 e. The smallest absolute Gasteiger partial charge is 0.310 e. The van der Waals surface area contributed by atoms with Gasteiger partial charge in [-0.2, -0.15) is 0 Å². The van der Waals surface area contributed by atoms with Gasteiger partial charge in [-0.25, -0.2) is 0 Å². The minimum absolute atomic E-state index is 0.118. The highest BCUT2D eigenvalue weighted by atomic mass is 16.5. The van der Waals surface area contributed by atoms with Gasteiger partial charge >= 0.3 is 5.97 Å². The number of ether oxygens (including phenoxy) is 1. The number of rotatable bonds is 7. The number of esters is 1. The van der Waals surface area contributed by atoms with Gasteiger partial charge in [0.1, 0.15) is 0 Å². The molecule has 0 unspecified atom stereocenters. The second-order valence-electron chi connectivity index (χ2n) is 6.51. The van der Waals surface area contributed by atoms with Crippen molar-refractivity contribution in [2.75, 3.05) is 6.61 Å². The molecule has 0 N–H and O–H groups in total. The first-order chi connectivity index (χ1) is 13.4. The molecule has 0 spiro atoms. The van der Waals surface area contributed by atoms with E-state index in [-0.39, 0.29) is 25.1 Å². The number of allylic oxidation sites excluding steroid dienone is 1. The molecule has 5 nitrogen and oxygen atoms in total. The predicted molar refractivity (Wildman–Crippen MR) is 107 cm³/mol. The molecule has 5 heteroatoms. The molecule has 0 aliphatic heterocycles. The molecule has 146 valence electrons. The van der Waals surface area contributed by atoms with Gasteiger partial charge in [0.05, 0.1) is 19.6 Å². The molecule has 0 bridgehead atoms. The summed E-state index contributed by atoms with van der Waals surface area (Å²) >= 11 is 0. The number of carbonyl (C=O) groups excluding carboxylic acids is 3. The van der Waals surface area contributed by atoms with E-state index in [0.29, 0.717) is 11.1 Å². The van der Waals surface area contributed by atoms with Crippen LogP contribution < -0.4 is 0 Å². The third kappa shape index (κ3) is 5.64. The van der Waals surface area contributed by atoms with Gasteiger partial charge in [0.15, 0.2) is 0 Å². The van der Waals surface area contributed by atoms with Crippen LogP contribution in [0.4, 0.5) is 0 Å². The van der Waals surface area contributed by atoms with Gasteiger partial charge in [0.2, 0.25) is 0 Å². The van der Waals surface area contributed by atoms with Crippen molar-refractivity contribution < 1.29 is 19.1 Å². The molecule has 0 aliphatic rings. The summed E-state index contributed by atoms with van der Waals surface area (Å²) in [6.07, 6.45) is -0.164. The highest BCUT2D eigenvalue weighted by Crippen LogP contribution is 2.18. The number of nitrogens with zero attached hydrogens (tertiary/aromatic N) is 1. The molecule has 2 rings (SSSR count). The van der Waals surface area contributed by atoms with Crippen molar-refractivity contribution in [2.45, 2.75) is 33.7 Å². The molecule has 0 radical (unpaired) electrons. The monoisotopic (exact) mass is 379 g/mol. The Kier molecular flexibility index (Phi) is 7.69. The Morgan fingerprint density at radius 2 is 1.46 bits per heavy atom. The lowest BCUT2D eigenvalue weighted by Crippen LogP contribution is -2.38. The van der Waals surface area contributed by atoms with Gasteiger partial charge < -0.3 is 4.74 Å². The molecule has 0 heterocycles. The molecule has 0 saturated carbocycles. The molecule has 28 heavy (non-hydrogen) atoms. The third-order valence-corrected chi connectivity index (χ3v) is 4.18. The number of hydrogen-bond acceptors (Lipinski definition) is 4. The van der Waals surface area contributed by atoms with Crippen molar-refractivity contribution in [1.82, 2.24) is 4.90 Å². The number of hydrogen-bond donors (Lipinski definition) is 0. The summed E-state index contributed by atoms with van der Waals surface area (Å²) in [5.41, 5.74) is 2.19. The Bertz CT molecular complexity index is 853. The van der Waals surface area contributed by atoms with E-state index in [1.165, 1.54) is 4.90 Å². The summed E-state index contributed by atoms with van der Waals surface area (Å²) in [7, 11) is 0. The summed E-state index contributed by atoms with van der Waals surface area (Å²) in [6, 6.07) is 17.9. The Morgan fingerprint density at radius 3 is 2.00 bits per heavy atom. The van der Waals surface area contributed by atoms with Crippen molar-refractivity contribution in [3.05, 3.63) is 82.9 Å². The van der Waals surface area contributed by atoms with Crippen LogP contribution in [-0.4, -0.2) is 29.3 Å². The van der Waals surface area contributed by atoms with E-state index in [1.54, 1.807) is 45.0 Å². The van der Waals surface area contributed by atoms with Crippen LogP contribution in [-0.2, 0) is 20.9 Å². The van der Waals surface area contributed by atoms with Gasteiger partial charge in [-0.15, -0.1) is 0 Å². The molecule has 0 saturated heterocycles. The number of benzene rings is 2. The Balaban J connectivity index is 2.38. The van der Waals surface area contributed by atoms with Crippen LogP contribution in [0.3, 0.4) is 0 Å². The standard InChI is InChI=1S/C23H25NO4/c1-4-28-21(25)15-20(17(2)3)23(27)24(16-18-11-7-5-8-12-18)22(26)19-13-9-6-10-14-19/h5-14H,4,15-16H2,1-3H3. The summed E-state index contributed by atoms with van der Waals surface area (Å²) < 4.78 is 4.99. The number of imide groups is 1. The first-order valence-corrected chi connectivity index (χ1v) is 9.21. The van der Waals surface area contributed by atoms with Gasteiger partial charge in [-0.05, 0) is 38.5 Å². The van der Waals surface area contributed by atoms with Crippen LogP contribution in [0.15, 0.2) is 71.8 Å². The maximum absolute atomic E-state index is 13.3. The van der Waals surface area contributed by atoms with Crippen molar-refractivity contribution in [1.29, 1.82) is 0 Å². The lowest BCUT2D eigenvalue weighted by atomic mass is 10.0. The molecule has 2 amide bonds. The highest BCUT2D eigenvalue weighted by molar-refractivity contribution is 6.11. The van der Waals surface area contributed by atoms with E-state index in [4.69, 9.17) is 4.74 Å². The second kappa shape index (κ2) is 10.2. The van der Waals surface area contributed by atoms with Crippen LogP contribution in [0.25, 0.3) is 0 Å². The van der Waals surface area contributed by atoms with Crippen molar-refractivity contribution in [2.24, 2.45) is 0 Å². The van der Waals surface area contributed by atoms with Crippen LogP contribution in [0.1, 0.15) is 43.1 Å². The molecule has 0 atom stereocenters. The molecule has 0 aromatic heterocycles.